The predicted octanol–water partition coefficient (Wildman–Crippen LogP) is 5.32. The van der Waals surface area contributed by atoms with Gasteiger partial charge in [0, 0.05) is 42.5 Å². The van der Waals surface area contributed by atoms with Crippen molar-refractivity contribution in [3.63, 3.8) is 0 Å². The van der Waals surface area contributed by atoms with Gasteiger partial charge in [-0.15, -0.1) is 0 Å². The number of rotatable bonds is 6. The van der Waals surface area contributed by atoms with Gasteiger partial charge in [-0.2, -0.15) is 0 Å². The summed E-state index contributed by atoms with van der Waals surface area (Å²) in [7, 11) is 1.72. The third-order valence-electron chi connectivity index (χ3n) is 6.03. The van der Waals surface area contributed by atoms with Gasteiger partial charge in [-0.3, -0.25) is 9.69 Å². The van der Waals surface area contributed by atoms with Crippen LogP contribution >= 0.6 is 0 Å². The molecule has 4 rings (SSSR count). The molecule has 0 atom stereocenters. The summed E-state index contributed by atoms with van der Waals surface area (Å²) in [4.78, 5) is 18.0. The molecular formula is C27H30N2O2. The van der Waals surface area contributed by atoms with E-state index in [4.69, 9.17) is 4.74 Å². The van der Waals surface area contributed by atoms with Gasteiger partial charge in [-0.25, -0.2) is 0 Å². The first kappa shape index (κ1) is 21.1. The minimum atomic E-state index is 0.0781. The lowest BCUT2D eigenvalue weighted by Gasteiger charge is -2.39. The number of hydrogen-bond donors (Lipinski definition) is 0. The Morgan fingerprint density at radius 3 is 2.39 bits per heavy atom. The summed E-state index contributed by atoms with van der Waals surface area (Å²) < 4.78 is 5.52. The van der Waals surface area contributed by atoms with Gasteiger partial charge >= 0.3 is 0 Å². The topological polar surface area (TPSA) is 32.8 Å². The Kier molecular flexibility index (Phi) is 6.68. The average Bonchev–Trinajstić information content (AvgIpc) is 2.81. The van der Waals surface area contributed by atoms with Crippen LogP contribution in [-0.2, 0) is 6.54 Å². The normalized spacial score (nSPS) is 14.9. The van der Waals surface area contributed by atoms with Gasteiger partial charge < -0.3 is 9.64 Å². The maximum absolute atomic E-state index is 13.5. The molecule has 0 radical (unpaired) electrons. The molecule has 0 N–H and O–H groups in total. The van der Waals surface area contributed by atoms with Gasteiger partial charge in [-0.1, -0.05) is 48.5 Å². The molecule has 1 heterocycles. The Labute approximate surface area is 185 Å². The van der Waals surface area contributed by atoms with E-state index >= 15 is 0 Å². The van der Waals surface area contributed by atoms with E-state index in [9.17, 15) is 4.79 Å². The van der Waals surface area contributed by atoms with Crippen LogP contribution in [0.25, 0.3) is 0 Å². The molecule has 160 valence electrons. The molecule has 4 heteroatoms. The smallest absolute Gasteiger partial charge is 0.258 e. The number of aryl methyl sites for hydroxylation is 1. The number of nitrogens with zero attached hydrogens (tertiary/aromatic N) is 2. The molecule has 0 unspecified atom stereocenters. The Balaban J connectivity index is 1.51. The minimum absolute atomic E-state index is 0.0781. The Bertz CT molecular complexity index is 1010. The maximum atomic E-state index is 13.5. The first-order valence-electron chi connectivity index (χ1n) is 11.0. The number of carbonyl (C=O) groups excluding carboxylic acids is 1. The first-order chi connectivity index (χ1) is 15.2. The number of ether oxygens (including phenoxy) is 1. The minimum Gasteiger partial charge on any atom is -0.496 e. The fourth-order valence-corrected chi connectivity index (χ4v) is 4.40. The highest BCUT2D eigenvalue weighted by molar-refractivity contribution is 6.06. The van der Waals surface area contributed by atoms with E-state index in [1.807, 2.05) is 53.4 Å². The highest BCUT2D eigenvalue weighted by Crippen LogP contribution is 2.28. The van der Waals surface area contributed by atoms with E-state index in [0.29, 0.717) is 0 Å². The van der Waals surface area contributed by atoms with Crippen molar-refractivity contribution < 1.29 is 9.53 Å². The lowest BCUT2D eigenvalue weighted by atomic mass is 9.99. The van der Waals surface area contributed by atoms with E-state index in [0.717, 1.165) is 55.0 Å². The summed E-state index contributed by atoms with van der Waals surface area (Å²) in [5.41, 5.74) is 4.09. The number of hydrogen-bond acceptors (Lipinski definition) is 3. The van der Waals surface area contributed by atoms with Crippen LogP contribution in [0.5, 0.6) is 5.75 Å². The third kappa shape index (κ3) is 4.97. The molecule has 3 aromatic rings. The second-order valence-electron chi connectivity index (χ2n) is 8.20. The fourth-order valence-electron chi connectivity index (χ4n) is 4.40. The molecule has 1 amide bonds. The van der Waals surface area contributed by atoms with Crippen molar-refractivity contribution in [2.24, 2.45) is 0 Å². The highest BCUT2D eigenvalue weighted by atomic mass is 16.5. The summed E-state index contributed by atoms with van der Waals surface area (Å²) in [6.07, 6.45) is 1.89. The molecule has 0 bridgehead atoms. The molecule has 0 saturated carbocycles. The second kappa shape index (κ2) is 9.80. The van der Waals surface area contributed by atoms with Gasteiger partial charge in [0.25, 0.3) is 5.91 Å². The van der Waals surface area contributed by atoms with E-state index in [1.165, 1.54) is 5.56 Å². The van der Waals surface area contributed by atoms with Crippen molar-refractivity contribution in [2.75, 3.05) is 25.1 Å². The summed E-state index contributed by atoms with van der Waals surface area (Å²) in [6.45, 7) is 4.85. The van der Waals surface area contributed by atoms with E-state index in [-0.39, 0.29) is 11.9 Å². The zero-order valence-corrected chi connectivity index (χ0v) is 18.3. The molecule has 31 heavy (non-hydrogen) atoms. The number of piperidine rings is 1. The average molecular weight is 415 g/mol. The Hall–Kier alpha value is -3.11. The van der Waals surface area contributed by atoms with Crippen LogP contribution in [0.1, 0.15) is 34.3 Å². The van der Waals surface area contributed by atoms with Crippen LogP contribution in [0.3, 0.4) is 0 Å². The van der Waals surface area contributed by atoms with E-state index < -0.39 is 0 Å². The number of amides is 1. The largest absolute Gasteiger partial charge is 0.496 e. The first-order valence-corrected chi connectivity index (χ1v) is 11.0. The molecule has 1 aliphatic heterocycles. The van der Waals surface area contributed by atoms with Crippen LogP contribution < -0.4 is 9.64 Å². The zero-order chi connectivity index (χ0) is 21.6. The standard InChI is InChI=1S/C27H30N2O2/c1-21-9-8-13-25(19-21)29(27(30)22-10-4-3-5-11-22)24-15-17-28(18-16-24)20-23-12-6-7-14-26(23)31-2/h3-14,19,24H,15-18,20H2,1-2H3. The van der Waals surface area contributed by atoms with Crippen molar-refractivity contribution in [3.05, 3.63) is 95.6 Å². The van der Waals surface area contributed by atoms with Crippen LogP contribution in [0.2, 0.25) is 0 Å². The molecule has 1 saturated heterocycles. The van der Waals surface area contributed by atoms with E-state index in [2.05, 4.69) is 42.2 Å². The number of methoxy groups -OCH3 is 1. The lowest BCUT2D eigenvalue weighted by molar-refractivity contribution is 0.0958. The van der Waals surface area contributed by atoms with Crippen LogP contribution in [0, 0.1) is 6.92 Å². The number of anilines is 1. The van der Waals surface area contributed by atoms with Crippen molar-refractivity contribution in [2.45, 2.75) is 32.4 Å². The Morgan fingerprint density at radius 2 is 1.68 bits per heavy atom. The molecule has 1 aliphatic rings. The van der Waals surface area contributed by atoms with Gasteiger partial charge in [0.2, 0.25) is 0 Å². The predicted molar refractivity (Wildman–Crippen MR) is 126 cm³/mol. The molecule has 3 aromatic carbocycles. The zero-order valence-electron chi connectivity index (χ0n) is 18.3. The highest BCUT2D eigenvalue weighted by Gasteiger charge is 2.30. The van der Waals surface area contributed by atoms with Crippen LogP contribution in [0.4, 0.5) is 5.69 Å². The molecule has 4 nitrogen and oxygen atoms in total. The molecule has 0 aromatic heterocycles. The molecule has 1 fully saturated rings. The SMILES string of the molecule is COc1ccccc1CN1CCC(N(C(=O)c2ccccc2)c2cccc(C)c2)CC1. The van der Waals surface area contributed by atoms with Crippen molar-refractivity contribution in [1.29, 1.82) is 0 Å². The number of likely N-dealkylation sites (tertiary alicyclic amines) is 1. The summed E-state index contributed by atoms with van der Waals surface area (Å²) in [5.74, 6) is 1.01. The second-order valence-corrected chi connectivity index (χ2v) is 8.20. The molecular weight excluding hydrogens is 384 g/mol. The quantitative estimate of drug-likeness (QED) is 0.548. The van der Waals surface area contributed by atoms with Gasteiger partial charge in [0.15, 0.2) is 0 Å². The van der Waals surface area contributed by atoms with Crippen molar-refractivity contribution >= 4 is 11.6 Å². The monoisotopic (exact) mass is 414 g/mol. The van der Waals surface area contributed by atoms with Gasteiger partial charge in [0.05, 0.1) is 7.11 Å². The van der Waals surface area contributed by atoms with Crippen molar-refractivity contribution in [3.8, 4) is 5.75 Å². The van der Waals surface area contributed by atoms with Crippen LogP contribution in [0.15, 0.2) is 78.9 Å². The lowest BCUT2D eigenvalue weighted by Crippen LogP contribution is -2.47. The third-order valence-corrected chi connectivity index (χ3v) is 6.03. The summed E-state index contributed by atoms with van der Waals surface area (Å²) >= 11 is 0. The fraction of sp³-hybridized carbons (Fsp3) is 0.296. The maximum Gasteiger partial charge on any atom is 0.258 e. The molecule has 0 aliphatic carbocycles. The number of benzene rings is 3. The number of carbonyl (C=O) groups is 1. The van der Waals surface area contributed by atoms with Crippen LogP contribution in [-0.4, -0.2) is 37.0 Å². The summed E-state index contributed by atoms with van der Waals surface area (Å²) in [6, 6.07) is 26.3. The summed E-state index contributed by atoms with van der Waals surface area (Å²) in [5, 5.41) is 0. The Morgan fingerprint density at radius 1 is 0.968 bits per heavy atom. The van der Waals surface area contributed by atoms with Gasteiger partial charge in [0.1, 0.15) is 5.75 Å². The number of para-hydroxylation sites is 1. The van der Waals surface area contributed by atoms with Gasteiger partial charge in [-0.05, 0) is 55.7 Å². The van der Waals surface area contributed by atoms with Crippen molar-refractivity contribution in [1.82, 2.24) is 4.90 Å². The van der Waals surface area contributed by atoms with E-state index in [1.54, 1.807) is 7.11 Å². The molecule has 0 spiro atoms.